The summed E-state index contributed by atoms with van der Waals surface area (Å²) in [6.07, 6.45) is 0. The van der Waals surface area contributed by atoms with Gasteiger partial charge in [-0.3, -0.25) is 0 Å². The third-order valence-electron chi connectivity index (χ3n) is 3.46. The van der Waals surface area contributed by atoms with Gasteiger partial charge in [0.05, 0.1) is 6.04 Å². The van der Waals surface area contributed by atoms with Gasteiger partial charge in [0.1, 0.15) is 11.6 Å². The normalized spacial score (nSPS) is 13.0. The number of hydrogen-bond acceptors (Lipinski definition) is 3. The Labute approximate surface area is 130 Å². The predicted molar refractivity (Wildman–Crippen MR) is 86.3 cm³/mol. The molecule has 3 rings (SSSR count). The van der Waals surface area contributed by atoms with Crippen LogP contribution in [-0.4, -0.2) is 6.54 Å². The van der Waals surface area contributed by atoms with Crippen molar-refractivity contribution in [2.75, 3.05) is 6.54 Å². The molecule has 1 N–H and O–H groups in total. The second-order valence-electron chi connectivity index (χ2n) is 4.88. The summed E-state index contributed by atoms with van der Waals surface area (Å²) in [6, 6.07) is 6.44. The van der Waals surface area contributed by atoms with Gasteiger partial charge in [-0.25, -0.2) is 8.78 Å². The Morgan fingerprint density at radius 2 is 2.00 bits per heavy atom. The van der Waals surface area contributed by atoms with E-state index in [0.29, 0.717) is 12.1 Å². The van der Waals surface area contributed by atoms with E-state index in [4.69, 9.17) is 0 Å². The van der Waals surface area contributed by atoms with Crippen molar-refractivity contribution in [3.63, 3.8) is 0 Å². The number of fused-ring (bicyclic) bond motifs is 1. The van der Waals surface area contributed by atoms with Gasteiger partial charge in [-0.2, -0.15) is 0 Å². The molecule has 1 unspecified atom stereocenters. The summed E-state index contributed by atoms with van der Waals surface area (Å²) in [4.78, 5) is 0.946. The average Bonchev–Trinajstić information content (AvgIpc) is 3.03. The monoisotopic (exact) mass is 323 g/mol. The van der Waals surface area contributed by atoms with Crippen molar-refractivity contribution in [2.45, 2.75) is 19.9 Å². The first-order chi connectivity index (χ1) is 10.1. The van der Waals surface area contributed by atoms with Crippen LogP contribution >= 0.6 is 22.7 Å². The zero-order chi connectivity index (χ0) is 15.0. The molecule has 0 aliphatic carbocycles. The van der Waals surface area contributed by atoms with Gasteiger partial charge < -0.3 is 5.32 Å². The average molecular weight is 323 g/mol. The van der Waals surface area contributed by atoms with Crippen molar-refractivity contribution in [1.82, 2.24) is 5.32 Å². The van der Waals surface area contributed by atoms with E-state index in [-0.39, 0.29) is 5.56 Å². The first-order valence-corrected chi connectivity index (χ1v) is 8.46. The topological polar surface area (TPSA) is 12.0 Å². The zero-order valence-electron chi connectivity index (χ0n) is 11.7. The number of aryl methyl sites for hydroxylation is 1. The van der Waals surface area contributed by atoms with Crippen LogP contribution in [-0.2, 0) is 0 Å². The van der Waals surface area contributed by atoms with Gasteiger partial charge >= 0.3 is 0 Å². The second-order valence-corrected chi connectivity index (χ2v) is 6.94. The lowest BCUT2D eigenvalue weighted by Crippen LogP contribution is -2.23. The standard InChI is InChI=1S/C16H15F2NS2/c1-3-19-16(13-8-12-11(21-13)6-7-20-12)14-10(17)5-4-9(2)15(14)18/h4-8,16,19H,3H2,1-2H3. The van der Waals surface area contributed by atoms with Crippen molar-refractivity contribution < 1.29 is 8.78 Å². The largest absolute Gasteiger partial charge is 0.306 e. The fourth-order valence-corrected chi connectivity index (χ4v) is 4.62. The molecule has 2 heterocycles. The molecule has 1 aromatic carbocycles. The third kappa shape index (κ3) is 2.61. The van der Waals surface area contributed by atoms with Crippen LogP contribution in [0, 0.1) is 18.6 Å². The Morgan fingerprint density at radius 1 is 1.19 bits per heavy atom. The van der Waals surface area contributed by atoms with Crippen LogP contribution in [0.1, 0.15) is 29.0 Å². The van der Waals surface area contributed by atoms with Crippen molar-refractivity contribution >= 4 is 32.1 Å². The van der Waals surface area contributed by atoms with Crippen molar-refractivity contribution in [2.24, 2.45) is 0 Å². The highest BCUT2D eigenvalue weighted by Gasteiger charge is 2.24. The maximum Gasteiger partial charge on any atom is 0.134 e. The summed E-state index contributed by atoms with van der Waals surface area (Å²) in [6.45, 7) is 4.24. The molecule has 0 saturated heterocycles. The maximum absolute atomic E-state index is 14.4. The summed E-state index contributed by atoms with van der Waals surface area (Å²) in [5.41, 5.74) is 0.582. The molecule has 1 nitrogen and oxygen atoms in total. The molecule has 1 atom stereocenters. The van der Waals surface area contributed by atoms with Gasteiger partial charge in [-0.05, 0) is 42.6 Å². The van der Waals surface area contributed by atoms with E-state index in [1.54, 1.807) is 29.6 Å². The van der Waals surface area contributed by atoms with E-state index in [1.165, 1.54) is 12.1 Å². The number of hydrogen-bond donors (Lipinski definition) is 1. The quantitative estimate of drug-likeness (QED) is 0.691. The Bertz CT molecular complexity index is 747. The minimum atomic E-state index is -0.499. The third-order valence-corrected chi connectivity index (χ3v) is 5.62. The van der Waals surface area contributed by atoms with Crippen LogP contribution < -0.4 is 5.32 Å². The van der Waals surface area contributed by atoms with E-state index < -0.39 is 17.7 Å². The molecule has 2 aromatic heterocycles. The lowest BCUT2D eigenvalue weighted by molar-refractivity contribution is 0.509. The predicted octanol–water partition coefficient (Wildman–Crippen LogP) is 5.25. The summed E-state index contributed by atoms with van der Waals surface area (Å²) >= 11 is 3.23. The highest BCUT2D eigenvalue weighted by molar-refractivity contribution is 7.27. The van der Waals surface area contributed by atoms with Crippen molar-refractivity contribution in [1.29, 1.82) is 0 Å². The molecule has 0 fully saturated rings. The Hall–Kier alpha value is -1.30. The molecule has 5 heteroatoms. The first kappa shape index (κ1) is 14.6. The lowest BCUT2D eigenvalue weighted by Gasteiger charge is -2.19. The summed E-state index contributed by atoms with van der Waals surface area (Å²) in [7, 11) is 0. The van der Waals surface area contributed by atoms with E-state index in [2.05, 4.69) is 5.32 Å². The number of benzene rings is 1. The molecule has 0 bridgehead atoms. The van der Waals surface area contributed by atoms with Crippen LogP contribution in [0.2, 0.25) is 0 Å². The number of rotatable bonds is 4. The van der Waals surface area contributed by atoms with Gasteiger partial charge in [0.2, 0.25) is 0 Å². The molecule has 21 heavy (non-hydrogen) atoms. The van der Waals surface area contributed by atoms with E-state index in [9.17, 15) is 8.78 Å². The molecule has 0 saturated carbocycles. The minimum absolute atomic E-state index is 0.116. The summed E-state index contributed by atoms with van der Waals surface area (Å²) < 4.78 is 30.9. The van der Waals surface area contributed by atoms with Gasteiger partial charge in [0, 0.05) is 19.8 Å². The van der Waals surface area contributed by atoms with E-state index in [0.717, 1.165) is 14.3 Å². The number of halogens is 2. The number of thiophene rings is 2. The minimum Gasteiger partial charge on any atom is -0.306 e. The van der Waals surface area contributed by atoms with Crippen LogP contribution in [0.4, 0.5) is 8.78 Å². The van der Waals surface area contributed by atoms with E-state index >= 15 is 0 Å². The van der Waals surface area contributed by atoms with Gasteiger partial charge in [-0.1, -0.05) is 13.0 Å². The van der Waals surface area contributed by atoms with Crippen LogP contribution in [0.5, 0.6) is 0 Å². The SMILES string of the molecule is CCNC(c1cc2sccc2s1)c1c(F)ccc(C)c1F. The molecule has 0 radical (unpaired) electrons. The molecular formula is C16H15F2NS2. The fourth-order valence-electron chi connectivity index (χ4n) is 2.42. The smallest absolute Gasteiger partial charge is 0.134 e. The highest BCUT2D eigenvalue weighted by atomic mass is 32.1. The maximum atomic E-state index is 14.4. The summed E-state index contributed by atoms with van der Waals surface area (Å²) in [5, 5.41) is 5.24. The van der Waals surface area contributed by atoms with Crippen LogP contribution in [0.15, 0.2) is 29.6 Å². The number of nitrogens with one attached hydrogen (secondary N) is 1. The Kier molecular flexibility index (Phi) is 4.06. The fraction of sp³-hybridized carbons (Fsp3) is 0.250. The Morgan fingerprint density at radius 3 is 2.71 bits per heavy atom. The van der Waals surface area contributed by atoms with Crippen LogP contribution in [0.25, 0.3) is 9.40 Å². The summed E-state index contributed by atoms with van der Waals surface area (Å²) in [5.74, 6) is -0.960. The highest BCUT2D eigenvalue weighted by Crippen LogP contribution is 2.37. The molecule has 0 amide bonds. The molecule has 110 valence electrons. The van der Waals surface area contributed by atoms with Crippen molar-refractivity contribution in [3.8, 4) is 0 Å². The van der Waals surface area contributed by atoms with Crippen LogP contribution in [0.3, 0.4) is 0 Å². The van der Waals surface area contributed by atoms with Gasteiger partial charge in [0.25, 0.3) is 0 Å². The van der Waals surface area contributed by atoms with Gasteiger partial charge in [-0.15, -0.1) is 22.7 Å². The second kappa shape index (κ2) is 5.83. The van der Waals surface area contributed by atoms with E-state index in [1.807, 2.05) is 24.4 Å². The molecule has 3 aromatic rings. The van der Waals surface area contributed by atoms with Gasteiger partial charge in [0.15, 0.2) is 0 Å². The molecule has 0 spiro atoms. The molecule has 0 aliphatic rings. The zero-order valence-corrected chi connectivity index (χ0v) is 13.4. The Balaban J connectivity index is 2.14. The lowest BCUT2D eigenvalue weighted by atomic mass is 10.0. The molecular weight excluding hydrogens is 308 g/mol. The molecule has 0 aliphatic heterocycles. The van der Waals surface area contributed by atoms with Crippen molar-refractivity contribution in [3.05, 3.63) is 57.3 Å². The first-order valence-electron chi connectivity index (χ1n) is 6.76.